The van der Waals surface area contributed by atoms with Gasteiger partial charge in [-0.25, -0.2) is 0 Å². The highest BCUT2D eigenvalue weighted by atomic mass is 79.9. The first-order valence-corrected chi connectivity index (χ1v) is 8.32. The molecule has 1 aromatic heterocycles. The Kier molecular flexibility index (Phi) is 5.61. The molecular weight excluding hydrogens is 350 g/mol. The van der Waals surface area contributed by atoms with Crippen molar-refractivity contribution < 1.29 is 4.74 Å². The van der Waals surface area contributed by atoms with E-state index in [0.717, 1.165) is 21.0 Å². The van der Waals surface area contributed by atoms with Crippen LogP contribution < -0.4 is 15.0 Å². The van der Waals surface area contributed by atoms with E-state index < -0.39 is 0 Å². The van der Waals surface area contributed by atoms with Crippen molar-refractivity contribution in [1.29, 1.82) is 0 Å². The number of rotatable bonds is 6. The Balaban J connectivity index is 2.07. The normalized spacial score (nSPS) is 12.2. The van der Waals surface area contributed by atoms with Crippen LogP contribution in [-0.4, -0.2) is 26.2 Å². The number of nitrogens with zero attached hydrogens (tertiary/aromatic N) is 2. The average Bonchev–Trinajstić information content (AvgIpc) is 2.88. The van der Waals surface area contributed by atoms with Crippen LogP contribution in [-0.2, 0) is 6.54 Å². The molecule has 21 heavy (non-hydrogen) atoms. The van der Waals surface area contributed by atoms with Crippen molar-refractivity contribution in [2.45, 2.75) is 19.5 Å². The molecule has 0 saturated heterocycles. The number of ether oxygens (including phenoxy) is 1. The van der Waals surface area contributed by atoms with Crippen LogP contribution in [0.25, 0.3) is 0 Å². The van der Waals surface area contributed by atoms with E-state index in [9.17, 15) is 0 Å². The molecule has 4 nitrogen and oxygen atoms in total. The molecule has 1 atom stereocenters. The zero-order valence-corrected chi connectivity index (χ0v) is 15.1. The lowest BCUT2D eigenvalue weighted by molar-refractivity contribution is 0.393. The smallest absolute Gasteiger partial charge is 0.230 e. The van der Waals surface area contributed by atoms with E-state index in [1.807, 2.05) is 25.1 Å². The van der Waals surface area contributed by atoms with E-state index in [4.69, 9.17) is 4.74 Å². The highest BCUT2D eigenvalue weighted by Gasteiger charge is 2.15. The lowest BCUT2D eigenvalue weighted by Crippen LogP contribution is -2.18. The summed E-state index contributed by atoms with van der Waals surface area (Å²) < 4.78 is 6.48. The molecule has 0 aliphatic heterocycles. The molecule has 0 spiro atoms. The molecular formula is C15H20BrN3OS. The number of hydrogen-bond donors (Lipinski definition) is 1. The van der Waals surface area contributed by atoms with E-state index in [0.29, 0.717) is 5.88 Å². The second-order valence-corrected chi connectivity index (χ2v) is 6.86. The summed E-state index contributed by atoms with van der Waals surface area (Å²) in [6.07, 6.45) is 0. The molecule has 2 rings (SSSR count). The van der Waals surface area contributed by atoms with Gasteiger partial charge < -0.3 is 15.0 Å². The van der Waals surface area contributed by atoms with Crippen molar-refractivity contribution in [3.63, 3.8) is 0 Å². The predicted molar refractivity (Wildman–Crippen MR) is 92.4 cm³/mol. The standard InChI is InChI=1S/C15H20BrN3OS/c1-10(11-7-5-6-8-12(11)16)17-9-13-14(20-4)18-15(21-13)19(2)3/h5-8,10,17H,9H2,1-4H3/t10-/m0/s1. The van der Waals surface area contributed by atoms with Gasteiger partial charge in [-0.1, -0.05) is 45.5 Å². The van der Waals surface area contributed by atoms with E-state index in [-0.39, 0.29) is 6.04 Å². The Labute approximate surface area is 138 Å². The average molecular weight is 370 g/mol. The van der Waals surface area contributed by atoms with Crippen LogP contribution >= 0.6 is 27.3 Å². The minimum Gasteiger partial charge on any atom is -0.480 e. The summed E-state index contributed by atoms with van der Waals surface area (Å²) in [6.45, 7) is 2.89. The Morgan fingerprint density at radius 1 is 1.38 bits per heavy atom. The van der Waals surface area contributed by atoms with Gasteiger partial charge in [0, 0.05) is 31.2 Å². The Hall–Kier alpha value is -1.11. The van der Waals surface area contributed by atoms with E-state index >= 15 is 0 Å². The van der Waals surface area contributed by atoms with Crippen LogP contribution in [0.3, 0.4) is 0 Å². The largest absolute Gasteiger partial charge is 0.480 e. The fourth-order valence-corrected chi connectivity index (χ4v) is 3.50. The summed E-state index contributed by atoms with van der Waals surface area (Å²) in [7, 11) is 5.63. The van der Waals surface area contributed by atoms with Crippen LogP contribution in [0.1, 0.15) is 23.4 Å². The van der Waals surface area contributed by atoms with Crippen molar-refractivity contribution in [3.05, 3.63) is 39.2 Å². The topological polar surface area (TPSA) is 37.4 Å². The van der Waals surface area contributed by atoms with Crippen molar-refractivity contribution in [2.75, 3.05) is 26.1 Å². The van der Waals surface area contributed by atoms with Gasteiger partial charge in [0.2, 0.25) is 5.88 Å². The van der Waals surface area contributed by atoms with Gasteiger partial charge in [-0.2, -0.15) is 4.98 Å². The molecule has 1 N–H and O–H groups in total. The molecule has 0 bridgehead atoms. The summed E-state index contributed by atoms with van der Waals surface area (Å²) >= 11 is 5.24. The van der Waals surface area contributed by atoms with Crippen LogP contribution in [0.15, 0.2) is 28.7 Å². The second-order valence-electron chi connectivity index (χ2n) is 4.95. The lowest BCUT2D eigenvalue weighted by atomic mass is 10.1. The quantitative estimate of drug-likeness (QED) is 0.839. The fourth-order valence-electron chi connectivity index (χ4n) is 1.97. The minimum atomic E-state index is 0.246. The van der Waals surface area contributed by atoms with E-state index in [1.165, 1.54) is 5.56 Å². The van der Waals surface area contributed by atoms with Gasteiger partial charge in [0.1, 0.15) is 0 Å². The van der Waals surface area contributed by atoms with Crippen molar-refractivity contribution in [2.24, 2.45) is 0 Å². The van der Waals surface area contributed by atoms with E-state index in [1.54, 1.807) is 18.4 Å². The highest BCUT2D eigenvalue weighted by Crippen LogP contribution is 2.31. The van der Waals surface area contributed by atoms with Crippen LogP contribution in [0.5, 0.6) is 5.88 Å². The highest BCUT2D eigenvalue weighted by molar-refractivity contribution is 9.10. The third-order valence-electron chi connectivity index (χ3n) is 3.17. The molecule has 0 aliphatic rings. The summed E-state index contributed by atoms with van der Waals surface area (Å²) in [5.74, 6) is 0.704. The maximum atomic E-state index is 5.36. The summed E-state index contributed by atoms with van der Waals surface area (Å²) in [5, 5.41) is 4.48. The van der Waals surface area contributed by atoms with Gasteiger partial charge in [0.15, 0.2) is 5.13 Å². The Morgan fingerprint density at radius 2 is 2.10 bits per heavy atom. The number of nitrogens with one attached hydrogen (secondary N) is 1. The molecule has 1 heterocycles. The number of anilines is 1. The first kappa shape index (κ1) is 16.3. The first-order valence-electron chi connectivity index (χ1n) is 6.71. The number of benzene rings is 1. The van der Waals surface area contributed by atoms with Gasteiger partial charge in [-0.05, 0) is 18.6 Å². The van der Waals surface area contributed by atoms with E-state index in [2.05, 4.69) is 51.4 Å². The van der Waals surface area contributed by atoms with Gasteiger partial charge in [0.05, 0.1) is 12.0 Å². The molecule has 0 unspecified atom stereocenters. The zero-order chi connectivity index (χ0) is 15.4. The maximum absolute atomic E-state index is 5.36. The molecule has 0 saturated carbocycles. The predicted octanol–water partition coefficient (Wildman–Crippen LogP) is 3.83. The number of methoxy groups -OCH3 is 1. The molecule has 0 aliphatic carbocycles. The molecule has 1 aromatic carbocycles. The third kappa shape index (κ3) is 3.96. The second kappa shape index (κ2) is 7.24. The number of thiazole rings is 1. The SMILES string of the molecule is COc1nc(N(C)C)sc1CN[C@@H](C)c1ccccc1Br. The van der Waals surface area contributed by atoms with Gasteiger partial charge in [-0.3, -0.25) is 0 Å². The lowest BCUT2D eigenvalue weighted by Gasteiger charge is -2.15. The first-order chi connectivity index (χ1) is 10.0. The summed E-state index contributed by atoms with van der Waals surface area (Å²) in [5.41, 5.74) is 1.24. The van der Waals surface area contributed by atoms with Gasteiger partial charge >= 0.3 is 0 Å². The number of halogens is 1. The molecule has 0 amide bonds. The van der Waals surface area contributed by atoms with Crippen LogP contribution in [0.4, 0.5) is 5.13 Å². The number of aromatic nitrogens is 1. The summed E-state index contributed by atoms with van der Waals surface area (Å²) in [4.78, 5) is 7.57. The van der Waals surface area contributed by atoms with Crippen LogP contribution in [0.2, 0.25) is 0 Å². The molecule has 114 valence electrons. The maximum Gasteiger partial charge on any atom is 0.230 e. The van der Waals surface area contributed by atoms with Gasteiger partial charge in [-0.15, -0.1) is 0 Å². The Morgan fingerprint density at radius 3 is 2.71 bits per heavy atom. The fraction of sp³-hybridized carbons (Fsp3) is 0.400. The van der Waals surface area contributed by atoms with Crippen molar-refractivity contribution >= 4 is 32.4 Å². The van der Waals surface area contributed by atoms with Crippen molar-refractivity contribution in [1.82, 2.24) is 10.3 Å². The van der Waals surface area contributed by atoms with Crippen LogP contribution in [0, 0.1) is 0 Å². The summed E-state index contributed by atoms with van der Waals surface area (Å²) in [6, 6.07) is 8.50. The zero-order valence-electron chi connectivity index (χ0n) is 12.7. The molecule has 0 radical (unpaired) electrons. The third-order valence-corrected chi connectivity index (χ3v) is 5.09. The Bertz CT molecular complexity index is 600. The van der Waals surface area contributed by atoms with Crippen molar-refractivity contribution in [3.8, 4) is 5.88 Å². The monoisotopic (exact) mass is 369 g/mol. The molecule has 0 fully saturated rings. The molecule has 6 heteroatoms. The van der Waals surface area contributed by atoms with Gasteiger partial charge in [0.25, 0.3) is 0 Å². The molecule has 2 aromatic rings. The number of hydrogen-bond acceptors (Lipinski definition) is 5. The minimum absolute atomic E-state index is 0.246.